The molecule has 0 spiro atoms. The van der Waals surface area contributed by atoms with Gasteiger partial charge in [-0.05, 0) is 39.2 Å². The van der Waals surface area contributed by atoms with Crippen LogP contribution < -0.4 is 0 Å². The van der Waals surface area contributed by atoms with Crippen LogP contribution in [0.4, 0.5) is 4.79 Å². The number of amides is 1. The molecule has 0 aromatic rings. The number of nitrogens with zero attached hydrogens (tertiary/aromatic N) is 2. The van der Waals surface area contributed by atoms with Gasteiger partial charge in [0.2, 0.25) is 0 Å². The maximum atomic E-state index is 12.1. The van der Waals surface area contributed by atoms with Gasteiger partial charge >= 0.3 is 6.09 Å². The van der Waals surface area contributed by atoms with E-state index in [1.165, 1.54) is 0 Å². The lowest BCUT2D eigenvalue weighted by Gasteiger charge is -2.44. The monoisotopic (exact) mass is 275 g/mol. The molecular weight excluding hydrogens is 252 g/mol. The summed E-state index contributed by atoms with van der Waals surface area (Å²) in [4.78, 5) is 13.8. The van der Waals surface area contributed by atoms with Gasteiger partial charge in [0.05, 0.1) is 0 Å². The Kier molecular flexibility index (Phi) is 5.75. The highest BCUT2D eigenvalue weighted by atomic mass is 32.2. The van der Waals surface area contributed by atoms with Crippen molar-refractivity contribution in [1.29, 1.82) is 0 Å². The number of thioether (sulfide) groups is 1. The van der Waals surface area contributed by atoms with Crippen LogP contribution in [0.3, 0.4) is 0 Å². The summed E-state index contributed by atoms with van der Waals surface area (Å²) in [6, 6.07) is -0.0291. The Balaban J connectivity index is 2.61. The van der Waals surface area contributed by atoms with E-state index in [2.05, 4.69) is 0 Å². The van der Waals surface area contributed by atoms with Crippen molar-refractivity contribution in [2.24, 2.45) is 0 Å². The highest BCUT2D eigenvalue weighted by Gasteiger charge is 2.30. The molecule has 1 aliphatic heterocycles. The number of ether oxygens (including phenoxy) is 1. The average Bonchev–Trinajstić information content (AvgIpc) is 2.23. The van der Waals surface area contributed by atoms with Crippen molar-refractivity contribution in [2.75, 3.05) is 31.6 Å². The van der Waals surface area contributed by atoms with Gasteiger partial charge in [-0.25, -0.2) is 4.79 Å². The van der Waals surface area contributed by atoms with E-state index < -0.39 is 5.60 Å². The summed E-state index contributed by atoms with van der Waals surface area (Å²) in [6.45, 7) is 6.77. The number of carbonyl (C=O) groups is 1. The van der Waals surface area contributed by atoms with Crippen molar-refractivity contribution < 1.29 is 9.53 Å². The largest absolute Gasteiger partial charge is 0.785 e. The average molecular weight is 275 g/mol. The van der Waals surface area contributed by atoms with Crippen molar-refractivity contribution in [2.45, 2.75) is 38.8 Å². The first kappa shape index (κ1) is 15.6. The smallest absolute Gasteiger partial charge is 0.410 e. The number of piperazine rings is 1. The van der Waals surface area contributed by atoms with Crippen LogP contribution in [-0.2, 0) is 4.74 Å². The third kappa shape index (κ3) is 5.04. The summed E-state index contributed by atoms with van der Waals surface area (Å²) < 4.78 is 5.38. The molecule has 0 aromatic heterocycles. The van der Waals surface area contributed by atoms with Gasteiger partial charge in [0.1, 0.15) is 5.60 Å². The molecule has 0 aliphatic carbocycles. The Morgan fingerprint density at radius 2 is 2.11 bits per heavy atom. The molecule has 1 aliphatic rings. The minimum Gasteiger partial charge on any atom is -0.785 e. The standard InChI is InChI=1S/C12H23N2O3S/c1-12(2,3)17-11(15)14-7-6-13(16)9-10(14)5-8-18-4/h10H,5-9H2,1-4H3/q-1. The highest BCUT2D eigenvalue weighted by Crippen LogP contribution is 2.18. The molecule has 1 fully saturated rings. The van der Waals surface area contributed by atoms with Crippen molar-refractivity contribution in [3.63, 3.8) is 0 Å². The fourth-order valence-electron chi connectivity index (χ4n) is 1.89. The number of hydrogen-bond donors (Lipinski definition) is 0. The summed E-state index contributed by atoms with van der Waals surface area (Å²) in [5, 5.41) is 12.5. The maximum Gasteiger partial charge on any atom is 0.410 e. The van der Waals surface area contributed by atoms with Crippen LogP contribution in [0.15, 0.2) is 0 Å². The molecule has 18 heavy (non-hydrogen) atoms. The van der Waals surface area contributed by atoms with Crippen molar-refractivity contribution >= 4 is 17.9 Å². The Bertz CT molecular complexity index is 281. The fourth-order valence-corrected chi connectivity index (χ4v) is 2.40. The van der Waals surface area contributed by atoms with Gasteiger partial charge < -0.3 is 19.9 Å². The van der Waals surface area contributed by atoms with Crippen molar-refractivity contribution in [1.82, 2.24) is 9.96 Å². The lowest BCUT2D eigenvalue weighted by molar-refractivity contribution is 0.00322. The first-order chi connectivity index (χ1) is 8.33. The van der Waals surface area contributed by atoms with Gasteiger partial charge in [-0.2, -0.15) is 11.8 Å². The molecule has 0 aromatic carbocycles. The van der Waals surface area contributed by atoms with Crippen molar-refractivity contribution in [3.05, 3.63) is 5.21 Å². The topological polar surface area (TPSA) is 55.8 Å². The Labute approximate surface area is 113 Å². The van der Waals surface area contributed by atoms with Gasteiger partial charge in [-0.1, -0.05) is 0 Å². The summed E-state index contributed by atoms with van der Waals surface area (Å²) >= 11 is 1.72. The molecule has 0 radical (unpaired) electrons. The normalized spacial score (nSPS) is 22.1. The minimum absolute atomic E-state index is 0.0291. The zero-order chi connectivity index (χ0) is 13.8. The molecule has 1 saturated heterocycles. The Hall–Kier alpha value is -0.460. The van der Waals surface area contributed by atoms with Crippen LogP contribution in [0.1, 0.15) is 27.2 Å². The fraction of sp³-hybridized carbons (Fsp3) is 0.917. The summed E-state index contributed by atoms with van der Waals surface area (Å²) in [7, 11) is 0. The molecule has 1 rings (SSSR count). The van der Waals surface area contributed by atoms with Crippen LogP contribution >= 0.6 is 11.8 Å². The molecule has 1 heterocycles. The summed E-state index contributed by atoms with van der Waals surface area (Å²) in [5.74, 6) is 0.942. The molecule has 6 heteroatoms. The third-order valence-corrected chi connectivity index (χ3v) is 3.37. The van der Waals surface area contributed by atoms with E-state index >= 15 is 0 Å². The second-order valence-electron chi connectivity index (χ2n) is 5.50. The molecule has 0 N–H and O–H groups in total. The molecule has 5 nitrogen and oxygen atoms in total. The van der Waals surface area contributed by atoms with Crippen LogP contribution in [0.2, 0.25) is 0 Å². The van der Waals surface area contributed by atoms with Crippen LogP contribution in [0.5, 0.6) is 0 Å². The predicted molar refractivity (Wildman–Crippen MR) is 74.7 cm³/mol. The molecule has 0 saturated carbocycles. The minimum atomic E-state index is -0.490. The van der Waals surface area contributed by atoms with Crippen LogP contribution in [0, 0.1) is 5.21 Å². The molecule has 106 valence electrons. The van der Waals surface area contributed by atoms with Crippen LogP contribution in [0.25, 0.3) is 0 Å². The number of hydrogen-bond acceptors (Lipinski definition) is 5. The third-order valence-electron chi connectivity index (χ3n) is 2.73. The van der Waals surface area contributed by atoms with E-state index in [1.807, 2.05) is 27.0 Å². The number of rotatable bonds is 3. The van der Waals surface area contributed by atoms with Gasteiger partial charge in [0.25, 0.3) is 0 Å². The second-order valence-corrected chi connectivity index (χ2v) is 6.48. The van der Waals surface area contributed by atoms with E-state index in [0.29, 0.717) is 19.6 Å². The first-order valence-corrected chi connectivity index (χ1v) is 7.63. The van der Waals surface area contributed by atoms with E-state index in [-0.39, 0.29) is 12.1 Å². The van der Waals surface area contributed by atoms with Crippen LogP contribution in [-0.4, -0.2) is 59.3 Å². The summed E-state index contributed by atoms with van der Waals surface area (Å²) in [5.41, 5.74) is -0.490. The molecule has 1 amide bonds. The number of hydroxylamine groups is 2. The van der Waals surface area contributed by atoms with E-state index in [0.717, 1.165) is 17.2 Å². The van der Waals surface area contributed by atoms with Gasteiger partial charge in [-0.15, -0.1) is 0 Å². The molecule has 1 unspecified atom stereocenters. The van der Waals surface area contributed by atoms with Gasteiger partial charge in [0.15, 0.2) is 0 Å². The summed E-state index contributed by atoms with van der Waals surface area (Å²) in [6.07, 6.45) is 2.55. The maximum absolute atomic E-state index is 12.1. The zero-order valence-corrected chi connectivity index (χ0v) is 12.5. The lowest BCUT2D eigenvalue weighted by atomic mass is 10.1. The molecule has 0 bridgehead atoms. The molecule has 1 atom stereocenters. The van der Waals surface area contributed by atoms with E-state index in [9.17, 15) is 10.0 Å². The lowest BCUT2D eigenvalue weighted by Crippen LogP contribution is -2.54. The van der Waals surface area contributed by atoms with E-state index in [4.69, 9.17) is 4.74 Å². The van der Waals surface area contributed by atoms with Crippen molar-refractivity contribution in [3.8, 4) is 0 Å². The Morgan fingerprint density at radius 1 is 1.44 bits per heavy atom. The van der Waals surface area contributed by atoms with Gasteiger partial charge in [-0.3, -0.25) is 0 Å². The Morgan fingerprint density at radius 3 is 2.67 bits per heavy atom. The SMILES string of the molecule is CSCCC1CN([O-])CCN1C(=O)OC(C)(C)C. The quantitative estimate of drug-likeness (QED) is 0.790. The number of carbonyl (C=O) groups excluding carboxylic acids is 1. The first-order valence-electron chi connectivity index (χ1n) is 6.24. The highest BCUT2D eigenvalue weighted by molar-refractivity contribution is 7.98. The van der Waals surface area contributed by atoms with E-state index in [1.54, 1.807) is 16.7 Å². The second kappa shape index (κ2) is 6.63. The predicted octanol–water partition coefficient (Wildman–Crippen LogP) is 2.16. The zero-order valence-electron chi connectivity index (χ0n) is 11.6. The van der Waals surface area contributed by atoms with Gasteiger partial charge in [0, 0.05) is 25.7 Å². The molecular formula is C12H23N2O3S-.